The van der Waals surface area contributed by atoms with Crippen molar-refractivity contribution < 1.29 is 8.42 Å². The number of hydrogen-bond donors (Lipinski definition) is 2. The molecule has 5 nitrogen and oxygen atoms in total. The monoisotopic (exact) mass is 281 g/mol. The first kappa shape index (κ1) is 12.9. The molecule has 1 aromatic carbocycles. The number of nitrogens with one attached hydrogen (secondary N) is 1. The van der Waals surface area contributed by atoms with Crippen LogP contribution in [0.4, 0.5) is 5.69 Å². The molecule has 19 heavy (non-hydrogen) atoms. The number of anilines is 1. The molecule has 1 atom stereocenters. The van der Waals surface area contributed by atoms with Crippen LogP contribution in [0.15, 0.2) is 18.2 Å². The van der Waals surface area contributed by atoms with E-state index in [2.05, 4.69) is 4.72 Å². The van der Waals surface area contributed by atoms with Gasteiger partial charge < -0.3 is 5.73 Å². The highest BCUT2D eigenvalue weighted by Crippen LogP contribution is 2.32. The standard InChI is InChI=1S/C13H19N3O2S/c1-9(14)10-2-5-13-11(8-10)6-7-16(13)19(17,18)15-12-3-4-12/h2,5,8-9,12,15H,3-4,6-7,14H2,1H3. The van der Waals surface area contributed by atoms with Crippen LogP contribution in [0.1, 0.15) is 36.9 Å². The van der Waals surface area contributed by atoms with Gasteiger partial charge in [-0.15, -0.1) is 0 Å². The zero-order valence-corrected chi connectivity index (χ0v) is 11.8. The van der Waals surface area contributed by atoms with Crippen molar-refractivity contribution in [3.8, 4) is 0 Å². The fourth-order valence-electron chi connectivity index (χ4n) is 2.40. The molecule has 1 fully saturated rings. The van der Waals surface area contributed by atoms with Gasteiger partial charge in [-0.1, -0.05) is 12.1 Å². The molecule has 1 heterocycles. The Labute approximate surface area is 114 Å². The molecule has 1 aliphatic carbocycles. The van der Waals surface area contributed by atoms with Gasteiger partial charge in [0.2, 0.25) is 0 Å². The summed E-state index contributed by atoms with van der Waals surface area (Å²) in [7, 11) is -3.39. The number of nitrogens with two attached hydrogens (primary N) is 1. The number of nitrogens with zero attached hydrogens (tertiary/aromatic N) is 1. The number of fused-ring (bicyclic) bond motifs is 1. The highest BCUT2D eigenvalue weighted by atomic mass is 32.2. The van der Waals surface area contributed by atoms with E-state index in [1.165, 1.54) is 4.31 Å². The SMILES string of the molecule is CC(N)c1ccc2c(c1)CCN2S(=O)(=O)NC1CC1. The van der Waals surface area contributed by atoms with Crippen LogP contribution in [-0.2, 0) is 16.6 Å². The summed E-state index contributed by atoms with van der Waals surface area (Å²) >= 11 is 0. The summed E-state index contributed by atoms with van der Waals surface area (Å²) in [5.41, 5.74) is 8.76. The van der Waals surface area contributed by atoms with Gasteiger partial charge in [-0.3, -0.25) is 4.31 Å². The topological polar surface area (TPSA) is 75.4 Å². The summed E-state index contributed by atoms with van der Waals surface area (Å²) in [6.07, 6.45) is 2.65. The second-order valence-corrected chi connectivity index (χ2v) is 7.02. The predicted molar refractivity (Wildman–Crippen MR) is 75.2 cm³/mol. The van der Waals surface area contributed by atoms with E-state index in [0.29, 0.717) is 6.54 Å². The first-order valence-electron chi connectivity index (χ1n) is 6.66. The molecule has 3 N–H and O–H groups in total. The van der Waals surface area contributed by atoms with Gasteiger partial charge in [-0.25, -0.2) is 0 Å². The molecule has 1 aromatic rings. The molecule has 0 radical (unpaired) electrons. The van der Waals surface area contributed by atoms with Crippen molar-refractivity contribution in [2.75, 3.05) is 10.8 Å². The summed E-state index contributed by atoms with van der Waals surface area (Å²) in [4.78, 5) is 0. The van der Waals surface area contributed by atoms with Crippen molar-refractivity contribution in [1.29, 1.82) is 0 Å². The lowest BCUT2D eigenvalue weighted by Gasteiger charge is -2.20. The largest absolute Gasteiger partial charge is 0.324 e. The third-order valence-corrected chi connectivity index (χ3v) is 5.26. The van der Waals surface area contributed by atoms with E-state index < -0.39 is 10.2 Å². The van der Waals surface area contributed by atoms with E-state index in [9.17, 15) is 8.42 Å². The Kier molecular flexibility index (Phi) is 3.03. The van der Waals surface area contributed by atoms with Gasteiger partial charge in [0, 0.05) is 18.6 Å². The van der Waals surface area contributed by atoms with Crippen LogP contribution < -0.4 is 14.8 Å². The Morgan fingerprint density at radius 2 is 2.16 bits per heavy atom. The maximum Gasteiger partial charge on any atom is 0.301 e. The van der Waals surface area contributed by atoms with Crippen molar-refractivity contribution in [3.63, 3.8) is 0 Å². The lowest BCUT2D eigenvalue weighted by atomic mass is 10.0. The van der Waals surface area contributed by atoms with E-state index >= 15 is 0 Å². The van der Waals surface area contributed by atoms with Crippen molar-refractivity contribution >= 4 is 15.9 Å². The van der Waals surface area contributed by atoms with Crippen molar-refractivity contribution in [2.24, 2.45) is 5.73 Å². The average Bonchev–Trinajstić information content (AvgIpc) is 3.04. The summed E-state index contributed by atoms with van der Waals surface area (Å²) in [6, 6.07) is 5.91. The van der Waals surface area contributed by atoms with Crippen LogP contribution in [0.5, 0.6) is 0 Å². The Balaban J connectivity index is 1.89. The molecule has 1 saturated carbocycles. The van der Waals surface area contributed by atoms with E-state index in [4.69, 9.17) is 5.73 Å². The van der Waals surface area contributed by atoms with Crippen LogP contribution in [0.3, 0.4) is 0 Å². The normalized spacial score (nSPS) is 20.4. The molecule has 2 aliphatic rings. The third-order valence-electron chi connectivity index (χ3n) is 3.67. The molecule has 0 spiro atoms. The molecule has 1 unspecified atom stereocenters. The van der Waals surface area contributed by atoms with Crippen LogP contribution in [0, 0.1) is 0 Å². The predicted octanol–water partition coefficient (Wildman–Crippen LogP) is 1.07. The minimum Gasteiger partial charge on any atom is -0.324 e. The number of rotatable bonds is 4. The number of hydrogen-bond acceptors (Lipinski definition) is 3. The molecular formula is C13H19N3O2S. The summed E-state index contributed by atoms with van der Waals surface area (Å²) in [6.45, 7) is 2.44. The van der Waals surface area contributed by atoms with Gasteiger partial charge in [0.1, 0.15) is 0 Å². The lowest BCUT2D eigenvalue weighted by Crippen LogP contribution is -2.40. The van der Waals surface area contributed by atoms with Crippen LogP contribution >= 0.6 is 0 Å². The smallest absolute Gasteiger partial charge is 0.301 e. The molecule has 0 amide bonds. The van der Waals surface area contributed by atoms with Crippen LogP contribution in [0.25, 0.3) is 0 Å². The van der Waals surface area contributed by atoms with E-state index in [0.717, 1.165) is 36.1 Å². The molecule has 6 heteroatoms. The average molecular weight is 281 g/mol. The van der Waals surface area contributed by atoms with Gasteiger partial charge in [0.15, 0.2) is 0 Å². The maximum absolute atomic E-state index is 12.3. The van der Waals surface area contributed by atoms with Gasteiger partial charge in [0.25, 0.3) is 0 Å². The minimum atomic E-state index is -3.39. The van der Waals surface area contributed by atoms with Gasteiger partial charge in [0.05, 0.1) is 5.69 Å². The molecule has 0 aromatic heterocycles. The Morgan fingerprint density at radius 3 is 2.79 bits per heavy atom. The Morgan fingerprint density at radius 1 is 1.42 bits per heavy atom. The summed E-state index contributed by atoms with van der Waals surface area (Å²) in [5.74, 6) is 0. The van der Waals surface area contributed by atoms with Gasteiger partial charge in [-0.05, 0) is 43.4 Å². The minimum absolute atomic E-state index is 0.0273. The lowest BCUT2D eigenvalue weighted by molar-refractivity contribution is 0.577. The van der Waals surface area contributed by atoms with Crippen LogP contribution in [-0.4, -0.2) is 21.0 Å². The van der Waals surface area contributed by atoms with Crippen molar-refractivity contribution in [3.05, 3.63) is 29.3 Å². The molecule has 3 rings (SSSR count). The maximum atomic E-state index is 12.3. The third kappa shape index (κ3) is 2.48. The summed E-state index contributed by atoms with van der Waals surface area (Å²) < 4.78 is 28.7. The molecule has 0 bridgehead atoms. The quantitative estimate of drug-likeness (QED) is 0.866. The molecular weight excluding hydrogens is 262 g/mol. The van der Waals surface area contributed by atoms with Crippen LogP contribution in [0.2, 0.25) is 0 Å². The van der Waals surface area contributed by atoms with E-state index in [-0.39, 0.29) is 12.1 Å². The highest BCUT2D eigenvalue weighted by molar-refractivity contribution is 7.90. The van der Waals surface area contributed by atoms with E-state index in [1.807, 2.05) is 25.1 Å². The zero-order valence-electron chi connectivity index (χ0n) is 11.0. The second-order valence-electron chi connectivity index (χ2n) is 5.40. The first-order chi connectivity index (χ1) is 8.97. The first-order valence-corrected chi connectivity index (χ1v) is 8.10. The molecule has 1 aliphatic heterocycles. The van der Waals surface area contributed by atoms with Gasteiger partial charge >= 0.3 is 10.2 Å². The molecule has 0 saturated heterocycles. The fraction of sp³-hybridized carbons (Fsp3) is 0.538. The van der Waals surface area contributed by atoms with Crippen molar-refractivity contribution in [1.82, 2.24) is 4.72 Å². The zero-order chi connectivity index (χ0) is 13.6. The van der Waals surface area contributed by atoms with E-state index in [1.54, 1.807) is 0 Å². The Hall–Kier alpha value is -1.11. The summed E-state index contributed by atoms with van der Waals surface area (Å²) in [5, 5.41) is 0. The second kappa shape index (κ2) is 4.47. The fourth-order valence-corrected chi connectivity index (χ4v) is 3.95. The molecule has 104 valence electrons. The van der Waals surface area contributed by atoms with Gasteiger partial charge in [-0.2, -0.15) is 13.1 Å². The Bertz CT molecular complexity index is 594. The van der Waals surface area contributed by atoms with Crippen molar-refractivity contribution in [2.45, 2.75) is 38.3 Å². The highest BCUT2D eigenvalue weighted by Gasteiger charge is 2.34. The number of benzene rings is 1.